The van der Waals surface area contributed by atoms with Crippen molar-refractivity contribution in [3.63, 3.8) is 0 Å². The number of rotatable bonds is 6. The zero-order valence-corrected chi connectivity index (χ0v) is 11.6. The molecular weight excluding hydrogens is 256 g/mol. The minimum Gasteiger partial charge on any atom is -0.479 e. The molecule has 1 atom stereocenters. The molecule has 1 unspecified atom stereocenters. The van der Waals surface area contributed by atoms with Gasteiger partial charge >= 0.3 is 12.0 Å². The number of nitrogens with zero attached hydrogens (tertiary/aromatic N) is 1. The highest BCUT2D eigenvalue weighted by Gasteiger charge is 2.33. The van der Waals surface area contributed by atoms with Crippen molar-refractivity contribution < 1.29 is 14.7 Å². The standard InChI is InChI=1S/C15H20N2O3/c1-2-10-17(12-8-9-12)15(20)16-13(14(18)19)11-6-4-3-5-7-11/h3-7,12-13H,2,8-10H2,1H3,(H,16,20)(H,18,19). The zero-order valence-electron chi connectivity index (χ0n) is 11.6. The molecule has 0 aliphatic heterocycles. The van der Waals surface area contributed by atoms with Crippen molar-refractivity contribution >= 4 is 12.0 Å². The summed E-state index contributed by atoms with van der Waals surface area (Å²) in [7, 11) is 0. The van der Waals surface area contributed by atoms with Crippen LogP contribution in [0.2, 0.25) is 0 Å². The normalized spacial score (nSPS) is 15.4. The molecule has 20 heavy (non-hydrogen) atoms. The van der Waals surface area contributed by atoms with E-state index in [0.29, 0.717) is 12.1 Å². The Balaban J connectivity index is 2.07. The van der Waals surface area contributed by atoms with E-state index in [1.54, 1.807) is 29.2 Å². The average molecular weight is 276 g/mol. The van der Waals surface area contributed by atoms with Crippen LogP contribution >= 0.6 is 0 Å². The molecule has 5 nitrogen and oxygen atoms in total. The van der Waals surface area contributed by atoms with Crippen molar-refractivity contribution in [2.75, 3.05) is 6.54 Å². The predicted molar refractivity (Wildman–Crippen MR) is 75.4 cm³/mol. The quantitative estimate of drug-likeness (QED) is 0.838. The lowest BCUT2D eigenvalue weighted by atomic mass is 10.1. The summed E-state index contributed by atoms with van der Waals surface area (Å²) in [6.45, 7) is 2.67. The fourth-order valence-corrected chi connectivity index (χ4v) is 2.22. The summed E-state index contributed by atoms with van der Waals surface area (Å²) in [5.41, 5.74) is 0.584. The molecule has 2 amide bonds. The number of hydrogen-bond acceptors (Lipinski definition) is 2. The van der Waals surface area contributed by atoms with Crippen LogP contribution in [0.15, 0.2) is 30.3 Å². The molecule has 2 rings (SSSR count). The third-order valence-corrected chi connectivity index (χ3v) is 3.36. The Morgan fingerprint density at radius 1 is 1.35 bits per heavy atom. The van der Waals surface area contributed by atoms with Crippen molar-refractivity contribution in [1.29, 1.82) is 0 Å². The number of carboxylic acid groups (broad SMARTS) is 1. The lowest BCUT2D eigenvalue weighted by Crippen LogP contribution is -2.45. The first-order valence-corrected chi connectivity index (χ1v) is 6.98. The molecule has 0 bridgehead atoms. The third-order valence-electron chi connectivity index (χ3n) is 3.36. The van der Waals surface area contributed by atoms with E-state index >= 15 is 0 Å². The van der Waals surface area contributed by atoms with Gasteiger partial charge in [0.15, 0.2) is 6.04 Å². The number of urea groups is 1. The lowest BCUT2D eigenvalue weighted by Gasteiger charge is -2.24. The Kier molecular flexibility index (Phi) is 4.61. The average Bonchev–Trinajstić information content (AvgIpc) is 3.27. The summed E-state index contributed by atoms with van der Waals surface area (Å²) in [6.07, 6.45) is 2.89. The number of carbonyl (C=O) groups excluding carboxylic acids is 1. The topological polar surface area (TPSA) is 69.6 Å². The summed E-state index contributed by atoms with van der Waals surface area (Å²) >= 11 is 0. The molecule has 1 aromatic rings. The minimum atomic E-state index is -1.04. The van der Waals surface area contributed by atoms with Crippen LogP contribution in [0.25, 0.3) is 0 Å². The van der Waals surface area contributed by atoms with Gasteiger partial charge in [-0.2, -0.15) is 0 Å². The first-order chi connectivity index (χ1) is 9.63. The molecule has 1 fully saturated rings. The van der Waals surface area contributed by atoms with Gasteiger partial charge in [-0.1, -0.05) is 37.3 Å². The molecule has 5 heteroatoms. The molecule has 1 aliphatic rings. The van der Waals surface area contributed by atoms with Gasteiger partial charge in [-0.3, -0.25) is 0 Å². The number of carbonyl (C=O) groups is 2. The van der Waals surface area contributed by atoms with Gasteiger partial charge in [0.1, 0.15) is 0 Å². The van der Waals surface area contributed by atoms with Gasteiger partial charge in [0.25, 0.3) is 0 Å². The third kappa shape index (κ3) is 3.50. The molecule has 0 radical (unpaired) electrons. The van der Waals surface area contributed by atoms with Crippen LogP contribution in [0.4, 0.5) is 4.79 Å². The van der Waals surface area contributed by atoms with E-state index in [4.69, 9.17) is 0 Å². The van der Waals surface area contributed by atoms with Gasteiger partial charge < -0.3 is 15.3 Å². The highest BCUT2D eigenvalue weighted by atomic mass is 16.4. The number of aliphatic carboxylic acids is 1. The monoisotopic (exact) mass is 276 g/mol. The van der Waals surface area contributed by atoms with Gasteiger partial charge in [-0.05, 0) is 24.8 Å². The Bertz CT molecular complexity index is 471. The SMILES string of the molecule is CCCN(C(=O)NC(C(=O)O)c1ccccc1)C1CC1. The molecule has 2 N–H and O–H groups in total. The first-order valence-electron chi connectivity index (χ1n) is 6.98. The highest BCUT2D eigenvalue weighted by molar-refractivity contribution is 5.84. The maximum Gasteiger partial charge on any atom is 0.330 e. The van der Waals surface area contributed by atoms with Gasteiger partial charge in [-0.15, -0.1) is 0 Å². The fraction of sp³-hybridized carbons (Fsp3) is 0.467. The van der Waals surface area contributed by atoms with E-state index in [-0.39, 0.29) is 12.1 Å². The molecule has 108 valence electrons. The molecule has 0 aromatic heterocycles. The molecule has 1 aromatic carbocycles. The maximum atomic E-state index is 12.3. The Labute approximate surface area is 118 Å². The number of amides is 2. The van der Waals surface area contributed by atoms with E-state index in [1.165, 1.54) is 0 Å². The van der Waals surface area contributed by atoms with Crippen molar-refractivity contribution in [1.82, 2.24) is 10.2 Å². The minimum absolute atomic E-state index is 0.278. The lowest BCUT2D eigenvalue weighted by molar-refractivity contribution is -0.139. The smallest absolute Gasteiger partial charge is 0.330 e. The molecular formula is C15H20N2O3. The Morgan fingerprint density at radius 2 is 2.00 bits per heavy atom. The van der Waals surface area contributed by atoms with Gasteiger partial charge in [0, 0.05) is 12.6 Å². The Hall–Kier alpha value is -2.04. The molecule has 1 aliphatic carbocycles. The molecule has 0 spiro atoms. The maximum absolute atomic E-state index is 12.3. The number of nitrogens with one attached hydrogen (secondary N) is 1. The second kappa shape index (κ2) is 6.41. The second-order valence-electron chi connectivity index (χ2n) is 5.06. The van der Waals surface area contributed by atoms with Crippen molar-refractivity contribution in [2.45, 2.75) is 38.3 Å². The zero-order chi connectivity index (χ0) is 14.5. The van der Waals surface area contributed by atoms with E-state index in [0.717, 1.165) is 19.3 Å². The first kappa shape index (κ1) is 14.4. The highest BCUT2D eigenvalue weighted by Crippen LogP contribution is 2.27. The summed E-state index contributed by atoms with van der Waals surface area (Å²) in [5.74, 6) is -1.04. The molecule has 0 saturated heterocycles. The van der Waals surface area contributed by atoms with Gasteiger partial charge in [0.05, 0.1) is 0 Å². The van der Waals surface area contributed by atoms with Crippen molar-refractivity contribution in [3.8, 4) is 0 Å². The number of benzene rings is 1. The van der Waals surface area contributed by atoms with Crippen LogP contribution < -0.4 is 5.32 Å². The number of hydrogen-bond donors (Lipinski definition) is 2. The second-order valence-corrected chi connectivity index (χ2v) is 5.06. The summed E-state index contributed by atoms with van der Waals surface area (Å²) < 4.78 is 0. The fourth-order valence-electron chi connectivity index (χ4n) is 2.22. The van der Waals surface area contributed by atoms with Crippen LogP contribution in [-0.2, 0) is 4.79 Å². The van der Waals surface area contributed by atoms with Crippen LogP contribution in [0.1, 0.15) is 37.8 Å². The van der Waals surface area contributed by atoms with Crippen LogP contribution in [0.3, 0.4) is 0 Å². The van der Waals surface area contributed by atoms with Crippen molar-refractivity contribution in [3.05, 3.63) is 35.9 Å². The summed E-state index contributed by atoms with van der Waals surface area (Å²) in [5, 5.41) is 11.9. The summed E-state index contributed by atoms with van der Waals surface area (Å²) in [4.78, 5) is 25.4. The Morgan fingerprint density at radius 3 is 2.50 bits per heavy atom. The van der Waals surface area contributed by atoms with Crippen LogP contribution in [0.5, 0.6) is 0 Å². The largest absolute Gasteiger partial charge is 0.479 e. The van der Waals surface area contributed by atoms with E-state index in [2.05, 4.69) is 5.32 Å². The predicted octanol–water partition coefficient (Wildman–Crippen LogP) is 2.40. The van der Waals surface area contributed by atoms with Gasteiger partial charge in [0.2, 0.25) is 0 Å². The van der Waals surface area contributed by atoms with E-state index in [1.807, 2.05) is 13.0 Å². The van der Waals surface area contributed by atoms with E-state index in [9.17, 15) is 14.7 Å². The van der Waals surface area contributed by atoms with Gasteiger partial charge in [-0.25, -0.2) is 9.59 Å². The van der Waals surface area contributed by atoms with Crippen LogP contribution in [0, 0.1) is 0 Å². The molecule has 0 heterocycles. The van der Waals surface area contributed by atoms with Crippen molar-refractivity contribution in [2.24, 2.45) is 0 Å². The molecule has 1 saturated carbocycles. The van der Waals surface area contributed by atoms with Crippen LogP contribution in [-0.4, -0.2) is 34.6 Å². The van der Waals surface area contributed by atoms with E-state index < -0.39 is 12.0 Å². The summed E-state index contributed by atoms with van der Waals surface area (Å²) in [6, 6.07) is 7.76. The number of carboxylic acids is 1.